The second-order valence-electron chi connectivity index (χ2n) is 4.74. The van der Waals surface area contributed by atoms with Gasteiger partial charge in [0.2, 0.25) is 0 Å². The molecule has 0 saturated carbocycles. The van der Waals surface area contributed by atoms with Crippen LogP contribution in [-0.4, -0.2) is 28.4 Å². The van der Waals surface area contributed by atoms with Gasteiger partial charge in [0.05, 0.1) is 28.2 Å². The first kappa shape index (κ1) is 17.0. The summed E-state index contributed by atoms with van der Waals surface area (Å²) >= 11 is 3.48. The zero-order valence-corrected chi connectivity index (χ0v) is 14.6. The van der Waals surface area contributed by atoms with E-state index in [-0.39, 0.29) is 6.61 Å². The molecule has 2 aromatic rings. The van der Waals surface area contributed by atoms with Crippen molar-refractivity contribution in [2.45, 2.75) is 20.8 Å². The summed E-state index contributed by atoms with van der Waals surface area (Å²) in [6.07, 6.45) is -0.704. The molecular weight excluding hydrogens is 364 g/mol. The molecule has 0 spiro atoms. The first-order chi connectivity index (χ1) is 10.9. The van der Waals surface area contributed by atoms with Crippen molar-refractivity contribution in [3.63, 3.8) is 0 Å². The Labute approximate surface area is 142 Å². The van der Waals surface area contributed by atoms with Gasteiger partial charge in [0.1, 0.15) is 0 Å². The highest BCUT2D eigenvalue weighted by atomic mass is 79.9. The number of carbonyl (C=O) groups is 2. The summed E-state index contributed by atoms with van der Waals surface area (Å²) in [5.41, 5.74) is 7.55. The third kappa shape index (κ3) is 3.89. The van der Waals surface area contributed by atoms with Crippen LogP contribution < -0.4 is 10.9 Å². The van der Waals surface area contributed by atoms with E-state index in [0.717, 1.165) is 21.5 Å². The number of nitrogens with one attached hydrogen (secondary N) is 2. The van der Waals surface area contributed by atoms with Crippen LogP contribution in [0, 0.1) is 13.8 Å². The van der Waals surface area contributed by atoms with Crippen molar-refractivity contribution in [2.24, 2.45) is 0 Å². The van der Waals surface area contributed by atoms with Crippen LogP contribution in [-0.2, 0) is 4.74 Å². The van der Waals surface area contributed by atoms with E-state index >= 15 is 0 Å². The molecule has 0 saturated heterocycles. The number of hydrogen-bond acceptors (Lipinski definition) is 4. The molecule has 2 amide bonds. The van der Waals surface area contributed by atoms with E-state index in [1.807, 2.05) is 13.8 Å². The Bertz CT molecular complexity index is 725. The molecule has 0 aliphatic carbocycles. The number of aryl methyl sites for hydroxylation is 1. The van der Waals surface area contributed by atoms with Gasteiger partial charge in [-0.05, 0) is 61.0 Å². The molecule has 2 rings (SSSR count). The van der Waals surface area contributed by atoms with Crippen molar-refractivity contribution in [1.82, 2.24) is 20.6 Å². The molecule has 1 aromatic heterocycles. The lowest BCUT2D eigenvalue weighted by molar-refractivity contribution is 0.0912. The van der Waals surface area contributed by atoms with Gasteiger partial charge in [0, 0.05) is 5.56 Å². The highest BCUT2D eigenvalue weighted by molar-refractivity contribution is 9.10. The van der Waals surface area contributed by atoms with E-state index < -0.39 is 12.0 Å². The Hall–Kier alpha value is -2.35. The van der Waals surface area contributed by atoms with Crippen LogP contribution in [0.25, 0.3) is 5.69 Å². The molecule has 1 aromatic carbocycles. The second-order valence-corrected chi connectivity index (χ2v) is 5.54. The number of ether oxygens (including phenoxy) is 1. The molecule has 0 aliphatic rings. The van der Waals surface area contributed by atoms with E-state index in [1.165, 1.54) is 0 Å². The zero-order chi connectivity index (χ0) is 17.0. The van der Waals surface area contributed by atoms with Crippen LogP contribution in [0.4, 0.5) is 4.79 Å². The minimum absolute atomic E-state index is 0.231. The van der Waals surface area contributed by atoms with Crippen molar-refractivity contribution < 1.29 is 14.3 Å². The monoisotopic (exact) mass is 380 g/mol. The Morgan fingerprint density at radius 3 is 2.39 bits per heavy atom. The van der Waals surface area contributed by atoms with Crippen molar-refractivity contribution in [1.29, 1.82) is 0 Å². The van der Waals surface area contributed by atoms with Crippen molar-refractivity contribution in [3.8, 4) is 5.69 Å². The maximum Gasteiger partial charge on any atom is 0.426 e. The molecule has 8 heteroatoms. The number of amides is 2. The lowest BCUT2D eigenvalue weighted by Gasteiger charge is -2.08. The van der Waals surface area contributed by atoms with E-state index in [0.29, 0.717) is 5.56 Å². The Morgan fingerprint density at radius 1 is 1.22 bits per heavy atom. The Kier molecular flexibility index (Phi) is 5.38. The van der Waals surface area contributed by atoms with Gasteiger partial charge in [-0.3, -0.25) is 10.2 Å². The van der Waals surface area contributed by atoms with Gasteiger partial charge >= 0.3 is 6.09 Å². The fourth-order valence-corrected chi connectivity index (χ4v) is 2.22. The number of rotatable bonds is 3. The number of nitrogens with zero attached hydrogens (tertiary/aromatic N) is 2. The standard InChI is InChI=1S/C15H17BrN4O3/c1-4-23-15(22)18-17-14(21)11-5-7-12(8-6-11)20-10(3)13(16)9(2)19-20/h5-8H,4H2,1-3H3,(H,17,21)(H,18,22). The molecule has 0 unspecified atom stereocenters. The third-order valence-corrected chi connectivity index (χ3v) is 4.28. The summed E-state index contributed by atoms with van der Waals surface area (Å²) < 4.78 is 7.40. The quantitative estimate of drug-likeness (QED) is 0.801. The summed E-state index contributed by atoms with van der Waals surface area (Å²) in [6, 6.07) is 6.88. The van der Waals surface area contributed by atoms with Crippen LogP contribution in [0.15, 0.2) is 28.7 Å². The fraction of sp³-hybridized carbons (Fsp3) is 0.267. The minimum Gasteiger partial charge on any atom is -0.449 e. The topological polar surface area (TPSA) is 85.3 Å². The van der Waals surface area contributed by atoms with E-state index in [2.05, 4.69) is 36.6 Å². The Balaban J connectivity index is 2.08. The second kappa shape index (κ2) is 7.28. The number of aromatic nitrogens is 2. The zero-order valence-electron chi connectivity index (χ0n) is 13.0. The molecule has 122 valence electrons. The van der Waals surface area contributed by atoms with Gasteiger partial charge in [-0.2, -0.15) is 5.10 Å². The fourth-order valence-electron chi connectivity index (χ4n) is 1.98. The number of halogens is 1. The van der Waals surface area contributed by atoms with E-state index in [4.69, 9.17) is 0 Å². The summed E-state index contributed by atoms with van der Waals surface area (Å²) in [5, 5.41) is 4.43. The lowest BCUT2D eigenvalue weighted by atomic mass is 10.2. The number of carbonyl (C=O) groups excluding carboxylic acids is 2. The molecule has 0 atom stereocenters. The lowest BCUT2D eigenvalue weighted by Crippen LogP contribution is -2.41. The summed E-state index contributed by atoms with van der Waals surface area (Å²) in [5.74, 6) is -0.431. The minimum atomic E-state index is -0.704. The SMILES string of the molecule is CCOC(=O)NNC(=O)c1ccc(-n2nc(C)c(Br)c2C)cc1. The first-order valence-electron chi connectivity index (χ1n) is 6.99. The van der Waals surface area contributed by atoms with Gasteiger partial charge < -0.3 is 4.74 Å². The number of benzene rings is 1. The predicted molar refractivity (Wildman–Crippen MR) is 88.4 cm³/mol. The van der Waals surface area contributed by atoms with Crippen LogP contribution in [0.3, 0.4) is 0 Å². The number of hydrazine groups is 1. The average molecular weight is 381 g/mol. The average Bonchev–Trinajstić information content (AvgIpc) is 2.80. The smallest absolute Gasteiger partial charge is 0.426 e. The van der Waals surface area contributed by atoms with Crippen LogP contribution in [0.1, 0.15) is 28.7 Å². The van der Waals surface area contributed by atoms with Crippen molar-refractivity contribution in [2.75, 3.05) is 6.61 Å². The molecule has 1 heterocycles. The van der Waals surface area contributed by atoms with Crippen LogP contribution >= 0.6 is 15.9 Å². The number of hydrogen-bond donors (Lipinski definition) is 2. The first-order valence-corrected chi connectivity index (χ1v) is 7.78. The molecule has 0 bridgehead atoms. The predicted octanol–water partition coefficient (Wildman–Crippen LogP) is 2.64. The highest BCUT2D eigenvalue weighted by Crippen LogP contribution is 2.23. The normalized spacial score (nSPS) is 10.3. The molecular formula is C15H17BrN4O3. The van der Waals surface area contributed by atoms with Gasteiger partial charge in [-0.25, -0.2) is 14.9 Å². The van der Waals surface area contributed by atoms with E-state index in [1.54, 1.807) is 35.9 Å². The summed E-state index contributed by atoms with van der Waals surface area (Å²) in [7, 11) is 0. The molecule has 7 nitrogen and oxygen atoms in total. The van der Waals surface area contributed by atoms with Crippen molar-refractivity contribution >= 4 is 27.9 Å². The van der Waals surface area contributed by atoms with E-state index in [9.17, 15) is 9.59 Å². The largest absolute Gasteiger partial charge is 0.449 e. The molecule has 0 radical (unpaired) electrons. The molecule has 2 N–H and O–H groups in total. The maximum atomic E-state index is 11.9. The maximum absolute atomic E-state index is 11.9. The molecule has 0 fully saturated rings. The van der Waals surface area contributed by atoms with Gasteiger partial charge in [0.15, 0.2) is 0 Å². The summed E-state index contributed by atoms with van der Waals surface area (Å²) in [6.45, 7) is 5.77. The van der Waals surface area contributed by atoms with Gasteiger partial charge in [0.25, 0.3) is 5.91 Å². The highest BCUT2D eigenvalue weighted by Gasteiger charge is 2.12. The summed E-state index contributed by atoms with van der Waals surface area (Å²) in [4.78, 5) is 23.0. The van der Waals surface area contributed by atoms with Crippen LogP contribution in [0.5, 0.6) is 0 Å². The molecule has 0 aliphatic heterocycles. The Morgan fingerprint density at radius 2 is 1.87 bits per heavy atom. The van der Waals surface area contributed by atoms with Crippen LogP contribution in [0.2, 0.25) is 0 Å². The molecule has 23 heavy (non-hydrogen) atoms. The van der Waals surface area contributed by atoms with Crippen molar-refractivity contribution in [3.05, 3.63) is 45.7 Å². The van der Waals surface area contributed by atoms with Gasteiger partial charge in [-0.15, -0.1) is 0 Å². The third-order valence-electron chi connectivity index (χ3n) is 3.13. The van der Waals surface area contributed by atoms with Gasteiger partial charge in [-0.1, -0.05) is 0 Å².